The molecule has 0 saturated carbocycles. The average molecular weight is 307 g/mol. The highest BCUT2D eigenvalue weighted by Crippen LogP contribution is 2.40. The third kappa shape index (κ3) is 3.40. The van der Waals surface area contributed by atoms with Gasteiger partial charge in [0.25, 0.3) is 0 Å². The number of pyridine rings is 1. The molecule has 1 fully saturated rings. The van der Waals surface area contributed by atoms with Gasteiger partial charge in [0.1, 0.15) is 5.73 Å². The van der Waals surface area contributed by atoms with Gasteiger partial charge in [-0.15, -0.1) is 0 Å². The van der Waals surface area contributed by atoms with Crippen molar-refractivity contribution >= 4 is 12.7 Å². The number of halogens is 1. The monoisotopic (exact) mass is 307 g/mol. The van der Waals surface area contributed by atoms with Gasteiger partial charge in [-0.3, -0.25) is 4.98 Å². The Labute approximate surface area is 131 Å². The molecule has 4 nitrogen and oxygen atoms in total. The fourth-order valence-electron chi connectivity index (χ4n) is 2.24. The predicted molar refractivity (Wildman–Crippen MR) is 84.8 cm³/mol. The van der Waals surface area contributed by atoms with Gasteiger partial charge in [0.2, 0.25) is 0 Å². The minimum Gasteiger partial charge on any atom is -0.398 e. The first-order valence-corrected chi connectivity index (χ1v) is 7.42. The molecule has 1 aliphatic rings. The van der Waals surface area contributed by atoms with E-state index in [1.807, 2.05) is 33.8 Å². The second-order valence-electron chi connectivity index (χ2n) is 6.40. The van der Waals surface area contributed by atoms with Crippen LogP contribution < -0.4 is 0 Å². The van der Waals surface area contributed by atoms with Crippen LogP contribution in [0.1, 0.15) is 39.7 Å². The van der Waals surface area contributed by atoms with E-state index >= 15 is 4.39 Å². The second-order valence-corrected chi connectivity index (χ2v) is 6.40. The molecular weight excluding hydrogens is 284 g/mol. The Morgan fingerprint density at radius 1 is 1.27 bits per heavy atom. The Hall–Kier alpha value is -1.24. The van der Waals surface area contributed by atoms with Crippen molar-refractivity contribution in [2.24, 2.45) is 0 Å². The SMILES string of the molecule is COCCC(=C(F)B1OC(C)(C)C(C)(C)O1)c1cccnc1. The van der Waals surface area contributed by atoms with Crippen LogP contribution in [-0.2, 0) is 14.0 Å². The summed E-state index contributed by atoms with van der Waals surface area (Å²) in [6.45, 7) is 8.02. The first kappa shape index (κ1) is 17.1. The third-order valence-electron chi connectivity index (χ3n) is 4.31. The lowest BCUT2D eigenvalue weighted by atomic mass is 9.82. The van der Waals surface area contributed by atoms with E-state index in [9.17, 15) is 0 Å². The Kier molecular flexibility index (Phi) is 5.05. The first-order valence-electron chi connectivity index (χ1n) is 7.42. The Balaban J connectivity index is 2.34. The summed E-state index contributed by atoms with van der Waals surface area (Å²) in [5.74, 6) is 0. The van der Waals surface area contributed by atoms with E-state index < -0.39 is 24.0 Å². The zero-order chi connectivity index (χ0) is 16.4. The van der Waals surface area contributed by atoms with E-state index in [0.717, 1.165) is 0 Å². The lowest BCUT2D eigenvalue weighted by Gasteiger charge is -2.32. The molecule has 0 unspecified atom stereocenters. The molecule has 1 aliphatic heterocycles. The lowest BCUT2D eigenvalue weighted by Crippen LogP contribution is -2.41. The van der Waals surface area contributed by atoms with Crippen LogP contribution in [0.2, 0.25) is 0 Å². The maximum absolute atomic E-state index is 15.0. The maximum atomic E-state index is 15.0. The van der Waals surface area contributed by atoms with E-state index in [1.165, 1.54) is 0 Å². The number of hydrogen-bond acceptors (Lipinski definition) is 4. The molecule has 1 saturated heterocycles. The predicted octanol–water partition coefficient (Wildman–Crippen LogP) is 3.43. The molecule has 2 rings (SSSR count). The van der Waals surface area contributed by atoms with Crippen molar-refractivity contribution in [2.75, 3.05) is 13.7 Å². The van der Waals surface area contributed by atoms with Gasteiger partial charge in [-0.2, -0.15) is 0 Å². The van der Waals surface area contributed by atoms with Crippen molar-refractivity contribution in [3.8, 4) is 0 Å². The molecule has 0 aromatic carbocycles. The summed E-state index contributed by atoms with van der Waals surface area (Å²) in [7, 11) is 0.588. The molecule has 0 spiro atoms. The largest absolute Gasteiger partial charge is 0.525 e. The molecule has 0 radical (unpaired) electrons. The number of nitrogens with zero attached hydrogens (tertiary/aromatic N) is 1. The summed E-state index contributed by atoms with van der Waals surface area (Å²) in [6.07, 6.45) is 3.72. The van der Waals surface area contributed by atoms with Gasteiger partial charge in [0.05, 0.1) is 17.8 Å². The standard InChI is InChI=1S/C16H23BFNO3/c1-15(2)16(3,4)22-17(21-15)14(18)13(8-10-20-5)12-7-6-9-19-11-12/h6-7,9,11H,8,10H2,1-5H3. The smallest absolute Gasteiger partial charge is 0.398 e. The van der Waals surface area contributed by atoms with Crippen molar-refractivity contribution in [3.63, 3.8) is 0 Å². The summed E-state index contributed by atoms with van der Waals surface area (Å²) >= 11 is 0. The molecule has 0 bridgehead atoms. The minimum atomic E-state index is -1.00. The molecule has 2 heterocycles. The highest BCUT2D eigenvalue weighted by Gasteiger charge is 2.53. The summed E-state index contributed by atoms with van der Waals surface area (Å²) in [4.78, 5) is 4.06. The quantitative estimate of drug-likeness (QED) is 0.782. The van der Waals surface area contributed by atoms with Crippen LogP contribution >= 0.6 is 0 Å². The van der Waals surface area contributed by atoms with Crippen LogP contribution in [0, 0.1) is 0 Å². The zero-order valence-corrected chi connectivity index (χ0v) is 13.9. The van der Waals surface area contributed by atoms with Crippen molar-refractivity contribution in [2.45, 2.75) is 45.3 Å². The number of rotatable bonds is 5. The summed E-state index contributed by atoms with van der Waals surface area (Å²) in [5, 5.41) is 0. The Bertz CT molecular complexity index is 530. The van der Waals surface area contributed by atoms with E-state index in [1.54, 1.807) is 25.6 Å². The van der Waals surface area contributed by atoms with Gasteiger partial charge in [-0.25, -0.2) is 4.39 Å². The number of ether oxygens (including phenoxy) is 1. The Morgan fingerprint density at radius 3 is 2.41 bits per heavy atom. The van der Waals surface area contributed by atoms with Crippen LogP contribution in [0.3, 0.4) is 0 Å². The summed E-state index contributed by atoms with van der Waals surface area (Å²) in [6, 6.07) is 3.60. The van der Waals surface area contributed by atoms with Gasteiger partial charge < -0.3 is 14.0 Å². The van der Waals surface area contributed by atoms with Crippen LogP contribution in [0.15, 0.2) is 30.3 Å². The molecular formula is C16H23BFNO3. The van der Waals surface area contributed by atoms with E-state index in [0.29, 0.717) is 24.2 Å². The molecule has 22 heavy (non-hydrogen) atoms. The molecule has 6 heteroatoms. The highest BCUT2D eigenvalue weighted by atomic mass is 19.1. The second kappa shape index (κ2) is 6.48. The first-order chi connectivity index (χ1) is 10.3. The van der Waals surface area contributed by atoms with Gasteiger partial charge in [-0.1, -0.05) is 6.07 Å². The normalized spacial score (nSPS) is 20.9. The molecule has 120 valence electrons. The van der Waals surface area contributed by atoms with E-state index in [-0.39, 0.29) is 0 Å². The van der Waals surface area contributed by atoms with E-state index in [2.05, 4.69) is 4.98 Å². The number of hydrogen-bond donors (Lipinski definition) is 0. The third-order valence-corrected chi connectivity index (χ3v) is 4.31. The fourth-order valence-corrected chi connectivity index (χ4v) is 2.24. The van der Waals surface area contributed by atoms with Crippen LogP contribution in [-0.4, -0.2) is 37.0 Å². The van der Waals surface area contributed by atoms with Crippen LogP contribution in [0.4, 0.5) is 4.39 Å². The number of methoxy groups -OCH3 is 1. The van der Waals surface area contributed by atoms with Gasteiger partial charge >= 0.3 is 7.12 Å². The summed E-state index contributed by atoms with van der Waals surface area (Å²) in [5.41, 5.74) is -0.337. The van der Waals surface area contributed by atoms with Crippen molar-refractivity contribution in [3.05, 3.63) is 35.8 Å². The van der Waals surface area contributed by atoms with Crippen molar-refractivity contribution in [1.82, 2.24) is 4.98 Å². The zero-order valence-electron chi connectivity index (χ0n) is 13.9. The molecule has 0 aliphatic carbocycles. The van der Waals surface area contributed by atoms with Gasteiger partial charge in [0, 0.05) is 19.5 Å². The molecule has 0 amide bonds. The Morgan fingerprint density at radius 2 is 1.91 bits per heavy atom. The molecule has 1 aromatic rings. The van der Waals surface area contributed by atoms with Gasteiger partial charge in [0.15, 0.2) is 0 Å². The van der Waals surface area contributed by atoms with Crippen molar-refractivity contribution in [1.29, 1.82) is 0 Å². The number of aromatic nitrogens is 1. The minimum absolute atomic E-state index is 0.413. The van der Waals surface area contributed by atoms with Crippen LogP contribution in [0.25, 0.3) is 5.57 Å². The molecule has 1 aromatic heterocycles. The maximum Gasteiger partial charge on any atom is 0.525 e. The lowest BCUT2D eigenvalue weighted by molar-refractivity contribution is 0.00578. The van der Waals surface area contributed by atoms with Crippen molar-refractivity contribution < 1.29 is 18.4 Å². The fraction of sp³-hybridized carbons (Fsp3) is 0.562. The van der Waals surface area contributed by atoms with E-state index in [4.69, 9.17) is 14.0 Å². The molecule has 0 N–H and O–H groups in total. The molecule has 0 atom stereocenters. The van der Waals surface area contributed by atoms with Gasteiger partial charge in [-0.05, 0) is 51.3 Å². The highest BCUT2D eigenvalue weighted by molar-refractivity contribution is 6.55. The summed E-state index contributed by atoms with van der Waals surface area (Å²) < 4.78 is 31.7. The topological polar surface area (TPSA) is 40.6 Å². The average Bonchev–Trinajstić information content (AvgIpc) is 2.69. The van der Waals surface area contributed by atoms with Crippen LogP contribution in [0.5, 0.6) is 0 Å².